The quantitative estimate of drug-likeness (QED) is 0.731. The number of aromatic hydroxyl groups is 1. The maximum Gasteiger partial charge on any atom is 0.143 e. The number of benzene rings is 1. The molecule has 1 atom stereocenters. The van der Waals surface area contributed by atoms with Gasteiger partial charge < -0.3 is 20.3 Å². The number of methoxy groups -OCH3 is 1. The first kappa shape index (κ1) is 12.1. The molecule has 0 aliphatic carbocycles. The highest BCUT2D eigenvalue weighted by Gasteiger charge is 2.16. The molecular formula is C10H14ClNO3. The monoisotopic (exact) mass is 231 g/mol. The first-order valence-electron chi connectivity index (χ1n) is 4.49. The summed E-state index contributed by atoms with van der Waals surface area (Å²) in [7, 11) is 3.18. The summed E-state index contributed by atoms with van der Waals surface area (Å²) in [6.45, 7) is 0.343. The Labute approximate surface area is 93.4 Å². The zero-order valence-corrected chi connectivity index (χ0v) is 9.38. The Morgan fingerprint density at radius 1 is 1.53 bits per heavy atom. The molecule has 0 spiro atoms. The Balaban J connectivity index is 3.06. The number of hydrogen-bond donors (Lipinski definition) is 3. The number of rotatable bonds is 4. The van der Waals surface area contributed by atoms with Crippen LogP contribution < -0.4 is 10.1 Å². The molecule has 5 heteroatoms. The van der Waals surface area contributed by atoms with E-state index < -0.39 is 6.10 Å². The van der Waals surface area contributed by atoms with E-state index in [1.54, 1.807) is 19.2 Å². The lowest BCUT2D eigenvalue weighted by atomic mass is 10.1. The molecule has 0 aliphatic rings. The highest BCUT2D eigenvalue weighted by atomic mass is 35.5. The van der Waals surface area contributed by atoms with Crippen LogP contribution >= 0.6 is 11.6 Å². The van der Waals surface area contributed by atoms with Crippen molar-refractivity contribution >= 4 is 11.6 Å². The number of aliphatic hydroxyl groups excluding tert-OH is 1. The van der Waals surface area contributed by atoms with Gasteiger partial charge in [0.1, 0.15) is 16.5 Å². The molecule has 0 aliphatic heterocycles. The largest absolute Gasteiger partial charge is 0.506 e. The molecular weight excluding hydrogens is 218 g/mol. The standard InChI is InChI=1S/C10H14ClNO3/c1-12-5-7(13)6-3-4-8(15-2)9(11)10(6)14/h3-4,7,12-14H,5H2,1-2H3. The van der Waals surface area contributed by atoms with E-state index in [0.717, 1.165) is 0 Å². The van der Waals surface area contributed by atoms with Crippen LogP contribution in [0, 0.1) is 0 Å². The van der Waals surface area contributed by atoms with E-state index in [1.807, 2.05) is 0 Å². The van der Waals surface area contributed by atoms with E-state index in [1.165, 1.54) is 7.11 Å². The first-order chi connectivity index (χ1) is 7.11. The van der Waals surface area contributed by atoms with Crippen LogP contribution in [-0.2, 0) is 0 Å². The molecule has 0 saturated carbocycles. The topological polar surface area (TPSA) is 61.7 Å². The van der Waals surface area contributed by atoms with Crippen LogP contribution in [0.15, 0.2) is 12.1 Å². The van der Waals surface area contributed by atoms with Gasteiger partial charge in [0.2, 0.25) is 0 Å². The number of phenols is 1. The van der Waals surface area contributed by atoms with Gasteiger partial charge in [0.05, 0.1) is 13.2 Å². The summed E-state index contributed by atoms with van der Waals surface area (Å²) < 4.78 is 4.93. The summed E-state index contributed by atoms with van der Waals surface area (Å²) in [6, 6.07) is 3.19. The van der Waals surface area contributed by atoms with Gasteiger partial charge in [0.25, 0.3) is 0 Å². The fourth-order valence-corrected chi connectivity index (χ4v) is 1.54. The van der Waals surface area contributed by atoms with E-state index in [-0.39, 0.29) is 10.8 Å². The summed E-state index contributed by atoms with van der Waals surface area (Å²) in [4.78, 5) is 0. The van der Waals surface area contributed by atoms with Gasteiger partial charge in [-0.2, -0.15) is 0 Å². The molecule has 0 bridgehead atoms. The summed E-state index contributed by atoms with van der Waals surface area (Å²) in [5.41, 5.74) is 0.384. The van der Waals surface area contributed by atoms with Gasteiger partial charge in [-0.3, -0.25) is 0 Å². The van der Waals surface area contributed by atoms with Gasteiger partial charge >= 0.3 is 0 Å². The molecule has 1 aromatic carbocycles. The van der Waals surface area contributed by atoms with Gasteiger partial charge in [-0.05, 0) is 19.2 Å². The zero-order valence-electron chi connectivity index (χ0n) is 8.62. The second-order valence-electron chi connectivity index (χ2n) is 3.09. The van der Waals surface area contributed by atoms with Crippen molar-refractivity contribution < 1.29 is 14.9 Å². The number of nitrogens with one attached hydrogen (secondary N) is 1. The van der Waals surface area contributed by atoms with E-state index in [4.69, 9.17) is 16.3 Å². The number of aliphatic hydroxyl groups is 1. The van der Waals surface area contributed by atoms with Gasteiger partial charge in [0.15, 0.2) is 0 Å². The van der Waals surface area contributed by atoms with Crippen molar-refractivity contribution in [3.63, 3.8) is 0 Å². The molecule has 3 N–H and O–H groups in total. The van der Waals surface area contributed by atoms with Crippen molar-refractivity contribution in [2.45, 2.75) is 6.10 Å². The molecule has 84 valence electrons. The Hall–Kier alpha value is -0.970. The fourth-order valence-electron chi connectivity index (χ4n) is 1.29. The molecule has 0 radical (unpaired) electrons. The second kappa shape index (κ2) is 5.21. The van der Waals surface area contributed by atoms with Crippen molar-refractivity contribution in [3.05, 3.63) is 22.7 Å². The van der Waals surface area contributed by atoms with E-state index in [9.17, 15) is 10.2 Å². The van der Waals surface area contributed by atoms with Crippen molar-refractivity contribution in [2.24, 2.45) is 0 Å². The number of ether oxygens (including phenoxy) is 1. The van der Waals surface area contributed by atoms with Gasteiger partial charge in [0, 0.05) is 12.1 Å². The molecule has 0 amide bonds. The van der Waals surface area contributed by atoms with Crippen LogP contribution in [-0.4, -0.2) is 30.9 Å². The van der Waals surface area contributed by atoms with Crippen molar-refractivity contribution in [1.82, 2.24) is 5.32 Å². The molecule has 1 aromatic rings. The van der Waals surface area contributed by atoms with Gasteiger partial charge in [-0.25, -0.2) is 0 Å². The van der Waals surface area contributed by atoms with Gasteiger partial charge in [-0.15, -0.1) is 0 Å². The normalized spacial score (nSPS) is 12.5. The Kier molecular flexibility index (Phi) is 4.20. The molecule has 4 nitrogen and oxygen atoms in total. The van der Waals surface area contributed by atoms with Crippen LogP contribution in [0.5, 0.6) is 11.5 Å². The number of halogens is 1. The van der Waals surface area contributed by atoms with Crippen molar-refractivity contribution in [2.75, 3.05) is 20.7 Å². The SMILES string of the molecule is CNCC(O)c1ccc(OC)c(Cl)c1O. The third-order valence-electron chi connectivity index (χ3n) is 2.09. The van der Waals surface area contributed by atoms with Crippen LogP contribution in [0.2, 0.25) is 5.02 Å². The molecule has 0 saturated heterocycles. The van der Waals surface area contributed by atoms with Crippen LogP contribution in [0.25, 0.3) is 0 Å². The van der Waals surface area contributed by atoms with Crippen molar-refractivity contribution in [3.8, 4) is 11.5 Å². The molecule has 0 aromatic heterocycles. The smallest absolute Gasteiger partial charge is 0.143 e. The lowest BCUT2D eigenvalue weighted by molar-refractivity contribution is 0.174. The summed E-state index contributed by atoms with van der Waals surface area (Å²) in [6.07, 6.45) is -0.793. The number of phenolic OH excluding ortho intramolecular Hbond substituents is 1. The Morgan fingerprint density at radius 2 is 2.20 bits per heavy atom. The average Bonchev–Trinajstić information content (AvgIpc) is 2.22. The summed E-state index contributed by atoms with van der Waals surface area (Å²) in [5.74, 6) is 0.244. The lowest BCUT2D eigenvalue weighted by Gasteiger charge is -2.14. The maximum atomic E-state index is 9.71. The Morgan fingerprint density at radius 3 is 2.73 bits per heavy atom. The third kappa shape index (κ3) is 2.53. The molecule has 0 heterocycles. The third-order valence-corrected chi connectivity index (χ3v) is 2.45. The molecule has 1 unspecified atom stereocenters. The van der Waals surface area contributed by atoms with Gasteiger partial charge in [-0.1, -0.05) is 11.6 Å². The minimum Gasteiger partial charge on any atom is -0.506 e. The minimum absolute atomic E-state index is 0.116. The predicted octanol–water partition coefficient (Wildman–Crippen LogP) is 1.31. The van der Waals surface area contributed by atoms with E-state index in [2.05, 4.69) is 5.32 Å². The Bertz CT molecular complexity index is 344. The van der Waals surface area contributed by atoms with E-state index >= 15 is 0 Å². The molecule has 0 fully saturated rings. The molecule has 1 rings (SSSR count). The second-order valence-corrected chi connectivity index (χ2v) is 3.47. The average molecular weight is 232 g/mol. The highest BCUT2D eigenvalue weighted by Crippen LogP contribution is 2.38. The zero-order chi connectivity index (χ0) is 11.4. The lowest BCUT2D eigenvalue weighted by Crippen LogP contribution is -2.16. The summed E-state index contributed by atoms with van der Waals surface area (Å²) >= 11 is 5.84. The fraction of sp³-hybridized carbons (Fsp3) is 0.400. The maximum absolute atomic E-state index is 9.71. The minimum atomic E-state index is -0.793. The predicted molar refractivity (Wildman–Crippen MR) is 58.6 cm³/mol. The van der Waals surface area contributed by atoms with Crippen LogP contribution in [0.3, 0.4) is 0 Å². The molecule has 15 heavy (non-hydrogen) atoms. The first-order valence-corrected chi connectivity index (χ1v) is 4.87. The highest BCUT2D eigenvalue weighted by molar-refractivity contribution is 6.33. The van der Waals surface area contributed by atoms with Crippen LogP contribution in [0.1, 0.15) is 11.7 Å². The number of likely N-dealkylation sites (N-methyl/N-ethyl adjacent to an activating group) is 1. The van der Waals surface area contributed by atoms with Crippen LogP contribution in [0.4, 0.5) is 0 Å². The summed E-state index contributed by atoms with van der Waals surface area (Å²) in [5, 5.41) is 22.3. The van der Waals surface area contributed by atoms with E-state index in [0.29, 0.717) is 17.9 Å². The number of hydrogen-bond acceptors (Lipinski definition) is 4. The van der Waals surface area contributed by atoms with Crippen molar-refractivity contribution in [1.29, 1.82) is 0 Å².